The molecule has 0 aromatic heterocycles. The minimum atomic E-state index is -5.01. The molecule has 0 radical (unpaired) electrons. The minimum absolute atomic E-state index is 0.0555. The smallest absolute Gasteiger partial charge is 0.320 e. The summed E-state index contributed by atoms with van der Waals surface area (Å²) in [6, 6.07) is 3.26. The SMILES string of the molecule is C=CCC(c1cc(C(F)(F)F)cc(C(F)(F)F)c1)N(C)C(=O)N1CCNCC1c1ccc(F)cc1C. The highest BCUT2D eigenvalue weighted by Crippen LogP contribution is 2.39. The summed E-state index contributed by atoms with van der Waals surface area (Å²) in [4.78, 5) is 16.2. The average molecular weight is 517 g/mol. The van der Waals surface area contributed by atoms with Crippen LogP contribution in [-0.4, -0.2) is 42.5 Å². The molecule has 1 N–H and O–H groups in total. The van der Waals surface area contributed by atoms with E-state index in [9.17, 15) is 35.5 Å². The predicted octanol–water partition coefficient (Wildman–Crippen LogP) is 6.49. The molecule has 1 saturated heterocycles. The van der Waals surface area contributed by atoms with E-state index in [4.69, 9.17) is 0 Å². The number of nitrogens with zero attached hydrogens (tertiary/aromatic N) is 2. The lowest BCUT2D eigenvalue weighted by atomic mass is 9.96. The molecule has 0 aliphatic carbocycles. The molecule has 1 fully saturated rings. The van der Waals surface area contributed by atoms with Gasteiger partial charge < -0.3 is 15.1 Å². The Bertz CT molecular complexity index is 1080. The van der Waals surface area contributed by atoms with Crippen LogP contribution in [0.15, 0.2) is 49.1 Å². The Kier molecular flexibility index (Phi) is 8.02. The van der Waals surface area contributed by atoms with Gasteiger partial charge in [-0.3, -0.25) is 0 Å². The van der Waals surface area contributed by atoms with Gasteiger partial charge in [-0.25, -0.2) is 9.18 Å². The molecule has 4 nitrogen and oxygen atoms in total. The number of carbonyl (C=O) groups excluding carboxylic acids is 1. The highest BCUT2D eigenvalue weighted by Gasteiger charge is 2.39. The molecule has 2 amide bonds. The molecule has 1 heterocycles. The van der Waals surface area contributed by atoms with Crippen molar-refractivity contribution in [3.63, 3.8) is 0 Å². The fourth-order valence-corrected chi connectivity index (χ4v) is 4.41. The number of hydrogen-bond acceptors (Lipinski definition) is 2. The first-order valence-corrected chi connectivity index (χ1v) is 11.1. The van der Waals surface area contributed by atoms with Crippen LogP contribution in [0.1, 0.15) is 46.3 Å². The van der Waals surface area contributed by atoms with Gasteiger partial charge in [-0.15, -0.1) is 6.58 Å². The van der Waals surface area contributed by atoms with Crippen molar-refractivity contribution in [2.75, 3.05) is 26.7 Å². The summed E-state index contributed by atoms with van der Waals surface area (Å²) < 4.78 is 94.2. The zero-order valence-electron chi connectivity index (χ0n) is 19.7. The number of hydrogen-bond donors (Lipinski definition) is 1. The van der Waals surface area contributed by atoms with E-state index >= 15 is 0 Å². The molecule has 3 rings (SSSR count). The summed E-state index contributed by atoms with van der Waals surface area (Å²) in [7, 11) is 1.33. The first-order chi connectivity index (χ1) is 16.7. The molecule has 2 unspecified atom stereocenters. The van der Waals surface area contributed by atoms with E-state index in [0.717, 1.165) is 4.90 Å². The van der Waals surface area contributed by atoms with Crippen molar-refractivity contribution in [1.82, 2.24) is 15.1 Å². The fraction of sp³-hybridized carbons (Fsp3) is 0.400. The van der Waals surface area contributed by atoms with Gasteiger partial charge in [0.2, 0.25) is 0 Å². The third kappa shape index (κ3) is 6.00. The molecule has 1 aliphatic heterocycles. The largest absolute Gasteiger partial charge is 0.416 e. The van der Waals surface area contributed by atoms with Crippen LogP contribution in [-0.2, 0) is 12.4 Å². The summed E-state index contributed by atoms with van der Waals surface area (Å²) in [5, 5.41) is 3.16. The van der Waals surface area contributed by atoms with Gasteiger partial charge in [0.25, 0.3) is 0 Å². The molecular formula is C25H26F7N3O. The molecule has 1 aliphatic rings. The van der Waals surface area contributed by atoms with Crippen molar-refractivity contribution < 1.29 is 35.5 Å². The lowest BCUT2D eigenvalue weighted by Gasteiger charge is -2.41. The number of amides is 2. The topological polar surface area (TPSA) is 35.6 Å². The van der Waals surface area contributed by atoms with Gasteiger partial charge in [-0.05, 0) is 60.4 Å². The molecule has 2 atom stereocenters. The summed E-state index contributed by atoms with van der Waals surface area (Å²) in [6.45, 7) is 6.28. The van der Waals surface area contributed by atoms with E-state index in [1.807, 2.05) is 0 Å². The summed E-state index contributed by atoms with van der Waals surface area (Å²) in [5.41, 5.74) is -1.92. The van der Waals surface area contributed by atoms with Crippen LogP contribution in [0.25, 0.3) is 0 Å². The maximum atomic E-state index is 13.6. The van der Waals surface area contributed by atoms with E-state index in [1.165, 1.54) is 30.2 Å². The molecule has 0 bridgehead atoms. The standard InChI is InChI=1S/C25H26F7N3O/c1-4-5-21(16-11-17(24(27,28)29)13-18(12-16)25(30,31)32)34(3)23(36)35-9-8-33-14-22(35)20-7-6-19(26)10-15(20)2/h4,6-7,10-13,21-22,33H,1,5,8-9,14H2,2-3H3. The van der Waals surface area contributed by atoms with Gasteiger partial charge in [0.05, 0.1) is 23.2 Å². The van der Waals surface area contributed by atoms with Gasteiger partial charge in [0, 0.05) is 26.7 Å². The number of benzene rings is 2. The zero-order chi connectivity index (χ0) is 26.8. The predicted molar refractivity (Wildman–Crippen MR) is 121 cm³/mol. The Balaban J connectivity index is 2.02. The lowest BCUT2D eigenvalue weighted by Crippen LogP contribution is -2.53. The minimum Gasteiger partial charge on any atom is -0.320 e. The van der Waals surface area contributed by atoms with Crippen LogP contribution in [0.5, 0.6) is 0 Å². The normalized spacial score (nSPS) is 17.6. The molecule has 0 spiro atoms. The van der Waals surface area contributed by atoms with Gasteiger partial charge in [0.1, 0.15) is 5.82 Å². The Morgan fingerprint density at radius 1 is 1.14 bits per heavy atom. The van der Waals surface area contributed by atoms with Crippen molar-refractivity contribution in [3.05, 3.63) is 82.7 Å². The van der Waals surface area contributed by atoms with Crippen LogP contribution in [0.3, 0.4) is 0 Å². The Hall–Kier alpha value is -3.08. The van der Waals surface area contributed by atoms with Crippen LogP contribution < -0.4 is 5.32 Å². The average Bonchev–Trinajstić information content (AvgIpc) is 2.80. The quantitative estimate of drug-likeness (QED) is 0.364. The maximum absolute atomic E-state index is 13.6. The van der Waals surface area contributed by atoms with E-state index < -0.39 is 47.4 Å². The molecule has 196 valence electrons. The number of halogens is 7. The molecule has 2 aromatic rings. The number of urea groups is 1. The first-order valence-electron chi connectivity index (χ1n) is 11.1. The van der Waals surface area contributed by atoms with E-state index in [2.05, 4.69) is 11.9 Å². The summed E-state index contributed by atoms with van der Waals surface area (Å²) in [6.07, 6.45) is -8.77. The van der Waals surface area contributed by atoms with Crippen LogP contribution >= 0.6 is 0 Å². The van der Waals surface area contributed by atoms with E-state index in [1.54, 1.807) is 13.0 Å². The number of carbonyl (C=O) groups is 1. The van der Waals surface area contributed by atoms with Crippen LogP contribution in [0.2, 0.25) is 0 Å². The second kappa shape index (κ2) is 10.5. The third-order valence-corrected chi connectivity index (χ3v) is 6.23. The van der Waals surface area contributed by atoms with E-state index in [0.29, 0.717) is 36.3 Å². The van der Waals surface area contributed by atoms with Crippen molar-refractivity contribution in [3.8, 4) is 0 Å². The summed E-state index contributed by atoms with van der Waals surface area (Å²) in [5.74, 6) is -0.439. The highest BCUT2D eigenvalue weighted by atomic mass is 19.4. The number of aryl methyl sites for hydroxylation is 1. The zero-order valence-corrected chi connectivity index (χ0v) is 19.7. The van der Waals surface area contributed by atoms with Gasteiger partial charge in [0.15, 0.2) is 0 Å². The maximum Gasteiger partial charge on any atom is 0.416 e. The van der Waals surface area contributed by atoms with E-state index in [-0.39, 0.29) is 24.6 Å². The third-order valence-electron chi connectivity index (χ3n) is 6.23. The Morgan fingerprint density at radius 2 is 1.75 bits per heavy atom. The second-order valence-electron chi connectivity index (χ2n) is 8.69. The molecule has 0 saturated carbocycles. The van der Waals surface area contributed by atoms with Crippen LogP contribution in [0, 0.1) is 12.7 Å². The van der Waals surface area contributed by atoms with Crippen molar-refractivity contribution in [2.45, 2.75) is 37.8 Å². The molecule has 2 aromatic carbocycles. The second-order valence-corrected chi connectivity index (χ2v) is 8.69. The lowest BCUT2D eigenvalue weighted by molar-refractivity contribution is -0.143. The number of nitrogens with one attached hydrogen (secondary N) is 1. The molecule has 11 heteroatoms. The first kappa shape index (κ1) is 27.5. The van der Waals surface area contributed by atoms with Crippen molar-refractivity contribution in [1.29, 1.82) is 0 Å². The molecule has 36 heavy (non-hydrogen) atoms. The van der Waals surface area contributed by atoms with Gasteiger partial charge in [-0.2, -0.15) is 26.3 Å². The van der Waals surface area contributed by atoms with Crippen molar-refractivity contribution in [2.24, 2.45) is 0 Å². The number of rotatable bonds is 5. The highest BCUT2D eigenvalue weighted by molar-refractivity contribution is 5.75. The Morgan fingerprint density at radius 3 is 2.28 bits per heavy atom. The van der Waals surface area contributed by atoms with Gasteiger partial charge in [-0.1, -0.05) is 12.1 Å². The number of alkyl halides is 6. The van der Waals surface area contributed by atoms with Gasteiger partial charge >= 0.3 is 18.4 Å². The monoisotopic (exact) mass is 517 g/mol. The summed E-state index contributed by atoms with van der Waals surface area (Å²) >= 11 is 0. The van der Waals surface area contributed by atoms with Crippen LogP contribution in [0.4, 0.5) is 35.5 Å². The Labute approximate surface area is 204 Å². The fourth-order valence-electron chi connectivity index (χ4n) is 4.41. The number of piperazine rings is 1. The van der Waals surface area contributed by atoms with Crippen molar-refractivity contribution >= 4 is 6.03 Å². The molecular weight excluding hydrogens is 491 g/mol.